The molecule has 16 heavy (non-hydrogen) atoms. The van der Waals surface area contributed by atoms with Crippen LogP contribution in [0.25, 0.3) is 0 Å². The highest BCUT2D eigenvalue weighted by atomic mass is 35.5. The number of urea groups is 1. The Labute approximate surface area is 104 Å². The normalized spacial score (nSPS) is 9.62. The number of carbonyl (C=O) groups excluding carboxylic acids is 1. The molecule has 0 aromatic heterocycles. The Bertz CT molecular complexity index is 411. The highest BCUT2D eigenvalue weighted by molar-refractivity contribution is 7.80. The SMILES string of the molecule is CN(CC(N)=S)C(=O)Nc1cccc(Cl)c1. The molecule has 4 nitrogen and oxygen atoms in total. The summed E-state index contributed by atoms with van der Waals surface area (Å²) in [6.45, 7) is 0.238. The van der Waals surface area contributed by atoms with Crippen molar-refractivity contribution in [3.05, 3.63) is 29.3 Å². The summed E-state index contributed by atoms with van der Waals surface area (Å²) in [6.07, 6.45) is 0. The van der Waals surface area contributed by atoms with Crippen LogP contribution in [0.4, 0.5) is 10.5 Å². The molecule has 0 saturated heterocycles. The predicted octanol–water partition coefficient (Wildman–Crippen LogP) is 2.09. The van der Waals surface area contributed by atoms with Gasteiger partial charge < -0.3 is 16.0 Å². The van der Waals surface area contributed by atoms with Crippen molar-refractivity contribution in [2.24, 2.45) is 5.73 Å². The summed E-state index contributed by atoms with van der Waals surface area (Å²) in [5, 5.41) is 3.24. The van der Waals surface area contributed by atoms with Gasteiger partial charge in [-0.2, -0.15) is 0 Å². The highest BCUT2D eigenvalue weighted by Gasteiger charge is 2.09. The Morgan fingerprint density at radius 2 is 2.31 bits per heavy atom. The van der Waals surface area contributed by atoms with Crippen LogP contribution in [0.5, 0.6) is 0 Å². The lowest BCUT2D eigenvalue weighted by Gasteiger charge is -2.17. The van der Waals surface area contributed by atoms with E-state index in [0.29, 0.717) is 10.7 Å². The van der Waals surface area contributed by atoms with Crippen LogP contribution in [-0.2, 0) is 0 Å². The van der Waals surface area contributed by atoms with Crippen LogP contribution in [0, 0.1) is 0 Å². The third-order valence-corrected chi connectivity index (χ3v) is 2.18. The molecule has 0 aliphatic heterocycles. The third-order valence-electron chi connectivity index (χ3n) is 1.82. The summed E-state index contributed by atoms with van der Waals surface area (Å²) in [5.41, 5.74) is 5.97. The molecule has 1 aromatic rings. The van der Waals surface area contributed by atoms with Gasteiger partial charge in [-0.3, -0.25) is 0 Å². The molecule has 0 unspecified atom stereocenters. The van der Waals surface area contributed by atoms with E-state index in [9.17, 15) is 4.79 Å². The zero-order valence-electron chi connectivity index (χ0n) is 8.74. The molecule has 1 rings (SSSR count). The monoisotopic (exact) mass is 257 g/mol. The van der Waals surface area contributed by atoms with Crippen molar-refractivity contribution < 1.29 is 4.79 Å². The lowest BCUT2D eigenvalue weighted by atomic mass is 10.3. The molecule has 6 heteroatoms. The van der Waals surface area contributed by atoms with Crippen LogP contribution in [-0.4, -0.2) is 29.5 Å². The lowest BCUT2D eigenvalue weighted by molar-refractivity contribution is 0.228. The quantitative estimate of drug-likeness (QED) is 0.816. The van der Waals surface area contributed by atoms with Gasteiger partial charge in [0.1, 0.15) is 0 Å². The highest BCUT2D eigenvalue weighted by Crippen LogP contribution is 2.15. The van der Waals surface area contributed by atoms with Crippen LogP contribution >= 0.6 is 23.8 Å². The first-order chi connectivity index (χ1) is 7.49. The Kier molecular flexibility index (Phi) is 4.52. The predicted molar refractivity (Wildman–Crippen MR) is 69.9 cm³/mol. The molecule has 1 aromatic carbocycles. The summed E-state index contributed by atoms with van der Waals surface area (Å²) in [5.74, 6) is 0. The molecule has 86 valence electrons. The molecule has 0 spiro atoms. The fourth-order valence-electron chi connectivity index (χ4n) is 1.09. The summed E-state index contributed by atoms with van der Waals surface area (Å²) < 4.78 is 0. The average Bonchev–Trinajstić information content (AvgIpc) is 2.16. The minimum Gasteiger partial charge on any atom is -0.392 e. The van der Waals surface area contributed by atoms with Gasteiger partial charge in [-0.15, -0.1) is 0 Å². The Hall–Kier alpha value is -1.33. The van der Waals surface area contributed by atoms with Gasteiger partial charge in [0.2, 0.25) is 0 Å². The standard InChI is InChI=1S/C10H12ClN3OS/c1-14(6-9(12)16)10(15)13-8-4-2-3-7(11)5-8/h2-5H,6H2,1H3,(H2,12,16)(H,13,15). The number of thiocarbonyl (C=S) groups is 1. The van der Waals surface area contributed by atoms with E-state index in [2.05, 4.69) is 5.32 Å². The first-order valence-corrected chi connectivity index (χ1v) is 5.33. The van der Waals surface area contributed by atoms with Crippen molar-refractivity contribution in [3.63, 3.8) is 0 Å². The van der Waals surface area contributed by atoms with Crippen LogP contribution in [0.2, 0.25) is 5.02 Å². The van der Waals surface area contributed by atoms with E-state index < -0.39 is 0 Å². The van der Waals surface area contributed by atoms with Gasteiger partial charge in [-0.25, -0.2) is 4.79 Å². The van der Waals surface area contributed by atoms with Crippen LogP contribution in [0.3, 0.4) is 0 Å². The van der Waals surface area contributed by atoms with E-state index in [0.717, 1.165) is 0 Å². The number of anilines is 1. The van der Waals surface area contributed by atoms with Crippen molar-refractivity contribution in [2.45, 2.75) is 0 Å². The molecule has 0 aliphatic carbocycles. The van der Waals surface area contributed by atoms with E-state index in [-0.39, 0.29) is 17.6 Å². The Balaban J connectivity index is 2.60. The third kappa shape index (κ3) is 4.04. The molecular weight excluding hydrogens is 246 g/mol. The summed E-state index contributed by atoms with van der Waals surface area (Å²) >= 11 is 10.5. The van der Waals surface area contributed by atoms with Gasteiger partial charge in [-0.05, 0) is 18.2 Å². The summed E-state index contributed by atoms with van der Waals surface area (Å²) in [6, 6.07) is 6.61. The first kappa shape index (κ1) is 12.7. The maximum Gasteiger partial charge on any atom is 0.321 e. The fourth-order valence-corrected chi connectivity index (χ4v) is 1.47. The first-order valence-electron chi connectivity index (χ1n) is 4.55. The minimum atomic E-state index is -0.282. The smallest absolute Gasteiger partial charge is 0.321 e. The number of amides is 2. The van der Waals surface area contributed by atoms with Crippen molar-refractivity contribution in [1.82, 2.24) is 4.90 Å². The second-order valence-electron chi connectivity index (χ2n) is 3.26. The van der Waals surface area contributed by atoms with Gasteiger partial charge in [0.25, 0.3) is 0 Å². The molecule has 0 bridgehead atoms. The number of hydrogen-bond acceptors (Lipinski definition) is 2. The zero-order chi connectivity index (χ0) is 12.1. The van der Waals surface area contributed by atoms with Gasteiger partial charge >= 0.3 is 6.03 Å². The van der Waals surface area contributed by atoms with Crippen molar-refractivity contribution in [1.29, 1.82) is 0 Å². The number of carbonyl (C=O) groups is 1. The zero-order valence-corrected chi connectivity index (χ0v) is 10.3. The molecule has 0 radical (unpaired) electrons. The molecule has 3 N–H and O–H groups in total. The molecule has 0 heterocycles. The lowest BCUT2D eigenvalue weighted by Crippen LogP contribution is -2.37. The maximum absolute atomic E-state index is 11.6. The van der Waals surface area contributed by atoms with E-state index in [1.807, 2.05) is 0 Å². The fraction of sp³-hybridized carbons (Fsp3) is 0.200. The second kappa shape index (κ2) is 5.67. The number of nitrogens with two attached hydrogens (primary N) is 1. The van der Waals surface area contributed by atoms with Crippen LogP contribution in [0.1, 0.15) is 0 Å². The molecular formula is C10H12ClN3OS. The second-order valence-corrected chi connectivity index (χ2v) is 4.22. The van der Waals surface area contributed by atoms with E-state index in [1.54, 1.807) is 31.3 Å². The van der Waals surface area contributed by atoms with Crippen LogP contribution in [0.15, 0.2) is 24.3 Å². The maximum atomic E-state index is 11.6. The van der Waals surface area contributed by atoms with Gasteiger partial charge in [-0.1, -0.05) is 29.9 Å². The van der Waals surface area contributed by atoms with E-state index in [4.69, 9.17) is 29.6 Å². The molecule has 0 aliphatic rings. The van der Waals surface area contributed by atoms with Gasteiger partial charge in [0.05, 0.1) is 11.5 Å². The molecule has 2 amide bonds. The summed E-state index contributed by atoms with van der Waals surface area (Å²) in [4.78, 5) is 13.3. The number of halogens is 1. The number of hydrogen-bond donors (Lipinski definition) is 2. The Morgan fingerprint density at radius 1 is 1.62 bits per heavy atom. The van der Waals surface area contributed by atoms with Crippen LogP contribution < -0.4 is 11.1 Å². The van der Waals surface area contributed by atoms with Crippen molar-refractivity contribution >= 4 is 40.5 Å². The number of likely N-dealkylation sites (N-methyl/N-ethyl adjacent to an activating group) is 1. The van der Waals surface area contributed by atoms with E-state index >= 15 is 0 Å². The number of rotatable bonds is 3. The number of benzene rings is 1. The van der Waals surface area contributed by atoms with Crippen molar-refractivity contribution in [2.75, 3.05) is 18.9 Å². The number of nitrogens with zero attached hydrogens (tertiary/aromatic N) is 1. The van der Waals surface area contributed by atoms with E-state index in [1.165, 1.54) is 4.90 Å². The number of nitrogens with one attached hydrogen (secondary N) is 1. The average molecular weight is 258 g/mol. The molecule has 0 fully saturated rings. The Morgan fingerprint density at radius 3 is 2.88 bits per heavy atom. The molecule has 0 saturated carbocycles. The van der Waals surface area contributed by atoms with Crippen molar-refractivity contribution in [3.8, 4) is 0 Å². The topological polar surface area (TPSA) is 58.4 Å². The largest absolute Gasteiger partial charge is 0.392 e. The summed E-state index contributed by atoms with van der Waals surface area (Å²) in [7, 11) is 1.61. The minimum absolute atomic E-state index is 0.238. The van der Waals surface area contributed by atoms with Gasteiger partial charge in [0.15, 0.2) is 0 Å². The molecule has 0 atom stereocenters. The van der Waals surface area contributed by atoms with Gasteiger partial charge in [0, 0.05) is 17.8 Å².